The van der Waals surface area contributed by atoms with Crippen molar-refractivity contribution >= 4 is 29.6 Å². The van der Waals surface area contributed by atoms with Crippen LogP contribution in [0.15, 0.2) is 84.9 Å². The monoisotopic (exact) mass is 609 g/mol. The van der Waals surface area contributed by atoms with E-state index < -0.39 is 12.0 Å². The number of nitrogens with one attached hydrogen (secondary N) is 3. The Labute approximate surface area is 266 Å². The van der Waals surface area contributed by atoms with Crippen molar-refractivity contribution < 1.29 is 23.8 Å². The number of benzene rings is 3. The zero-order valence-corrected chi connectivity index (χ0v) is 26.0. The van der Waals surface area contributed by atoms with Crippen LogP contribution in [-0.2, 0) is 32.2 Å². The molecule has 8 heteroatoms. The Morgan fingerprint density at radius 2 is 1.60 bits per heavy atom. The molecular formula is C37H45N4O4+. The number of fused-ring (bicyclic) bond motifs is 4. The number of rotatable bonds is 11. The number of carbonyl (C=O) groups is 3. The molecule has 1 unspecified atom stereocenters. The third kappa shape index (κ3) is 9.59. The summed E-state index contributed by atoms with van der Waals surface area (Å²) in [5, 5.41) is 6.14. The average Bonchev–Trinajstić information content (AvgIpc) is 3.41. The molecular weight excluding hydrogens is 564 g/mol. The first-order valence-corrected chi connectivity index (χ1v) is 16.3. The van der Waals surface area contributed by atoms with Gasteiger partial charge >= 0.3 is 0 Å². The SMILES string of the molecule is O=C(C[C@@H](CCCc1ccccc1)C(=O)N[C@H]1CC2C=[N+](CCCCCCNC1=O)c1ccccc12)NOCc1ccccc1. The van der Waals surface area contributed by atoms with Crippen LogP contribution < -0.4 is 16.1 Å². The van der Waals surface area contributed by atoms with Crippen molar-refractivity contribution in [2.45, 2.75) is 76.4 Å². The minimum Gasteiger partial charge on any atom is -0.354 e. The summed E-state index contributed by atoms with van der Waals surface area (Å²) < 4.78 is 2.31. The molecule has 45 heavy (non-hydrogen) atoms. The van der Waals surface area contributed by atoms with E-state index in [2.05, 4.69) is 51.2 Å². The van der Waals surface area contributed by atoms with E-state index in [-0.39, 0.29) is 36.7 Å². The van der Waals surface area contributed by atoms with Gasteiger partial charge < -0.3 is 10.6 Å². The van der Waals surface area contributed by atoms with Crippen LogP contribution in [0.4, 0.5) is 5.69 Å². The van der Waals surface area contributed by atoms with Gasteiger partial charge in [-0.25, -0.2) is 10.1 Å². The van der Waals surface area contributed by atoms with Gasteiger partial charge in [-0.3, -0.25) is 19.2 Å². The number of hydrogen-bond acceptors (Lipinski definition) is 4. The van der Waals surface area contributed by atoms with Crippen LogP contribution in [0.25, 0.3) is 0 Å². The maximum absolute atomic E-state index is 13.9. The van der Waals surface area contributed by atoms with E-state index in [1.807, 2.05) is 60.7 Å². The van der Waals surface area contributed by atoms with Gasteiger partial charge in [-0.2, -0.15) is 0 Å². The standard InChI is InChI=1S/C37H44N4O4/c42-35(40-45-27-29-16-7-4-8-17-29)25-30(19-13-18-28-14-5-3-6-15-28)36(43)39-33-24-31-26-41(34-21-10-9-20-32(31)34)23-12-2-1-11-22-38-37(33)44/h3-10,14-17,20-21,26,30-31,33H,1-2,11-13,18-19,22-25,27H2,(H2-,38,39,40,42,43,44)/p+1/t30-,31?,33+/m1/s1. The summed E-state index contributed by atoms with van der Waals surface area (Å²) in [6, 6.07) is 27.3. The number of aryl methyl sites for hydroxylation is 1. The largest absolute Gasteiger partial charge is 0.354 e. The molecule has 3 aromatic rings. The van der Waals surface area contributed by atoms with Crippen molar-refractivity contribution in [1.82, 2.24) is 16.1 Å². The smallest absolute Gasteiger partial charge is 0.244 e. The molecule has 5 rings (SSSR count). The first kappa shape index (κ1) is 32.1. The molecule has 3 atom stereocenters. The summed E-state index contributed by atoms with van der Waals surface area (Å²) in [5.74, 6) is -1.43. The van der Waals surface area contributed by atoms with Gasteiger partial charge in [0.1, 0.15) is 12.6 Å². The normalized spacial score (nSPS) is 19.0. The highest BCUT2D eigenvalue weighted by atomic mass is 16.6. The zero-order chi connectivity index (χ0) is 31.3. The van der Waals surface area contributed by atoms with Crippen LogP contribution in [0.1, 0.15) is 74.0 Å². The maximum Gasteiger partial charge on any atom is 0.244 e. The van der Waals surface area contributed by atoms with E-state index in [0.29, 0.717) is 19.4 Å². The highest BCUT2D eigenvalue weighted by molar-refractivity contribution is 5.91. The molecule has 0 radical (unpaired) electrons. The molecule has 3 N–H and O–H groups in total. The second kappa shape index (κ2) is 16.7. The molecule has 0 aromatic heterocycles. The lowest BCUT2D eigenvalue weighted by Crippen LogP contribution is -2.49. The van der Waals surface area contributed by atoms with Crippen molar-refractivity contribution in [1.29, 1.82) is 0 Å². The van der Waals surface area contributed by atoms with Crippen LogP contribution in [0, 0.1) is 5.92 Å². The summed E-state index contributed by atoms with van der Waals surface area (Å²) in [7, 11) is 0. The number of hydroxylamine groups is 1. The molecule has 2 aliphatic heterocycles. The number of para-hydroxylation sites is 1. The van der Waals surface area contributed by atoms with Gasteiger partial charge in [0, 0.05) is 36.9 Å². The zero-order valence-electron chi connectivity index (χ0n) is 26.0. The number of hydrogen-bond donors (Lipinski definition) is 3. The van der Waals surface area contributed by atoms with Gasteiger partial charge in [0.2, 0.25) is 23.4 Å². The van der Waals surface area contributed by atoms with Crippen molar-refractivity contribution in [3.05, 3.63) is 102 Å². The van der Waals surface area contributed by atoms with E-state index in [0.717, 1.165) is 50.6 Å². The maximum atomic E-state index is 13.9. The topological polar surface area (TPSA) is 99.5 Å². The Hall–Kier alpha value is -4.30. The number of carbonyl (C=O) groups excluding carboxylic acids is 3. The molecule has 2 heterocycles. The second-order valence-electron chi connectivity index (χ2n) is 12.1. The summed E-state index contributed by atoms with van der Waals surface area (Å²) in [6.45, 7) is 1.76. The van der Waals surface area contributed by atoms with E-state index in [1.54, 1.807) is 0 Å². The molecule has 0 saturated carbocycles. The number of amides is 3. The fraction of sp³-hybridized carbons (Fsp3) is 0.405. The minimum absolute atomic E-state index is 0.00391. The highest BCUT2D eigenvalue weighted by Crippen LogP contribution is 2.34. The van der Waals surface area contributed by atoms with Crippen LogP contribution in [0.3, 0.4) is 0 Å². The van der Waals surface area contributed by atoms with Crippen LogP contribution in [0.5, 0.6) is 0 Å². The first-order valence-electron chi connectivity index (χ1n) is 16.3. The van der Waals surface area contributed by atoms with Gasteiger partial charge in [-0.05, 0) is 49.7 Å². The van der Waals surface area contributed by atoms with Gasteiger partial charge in [-0.15, -0.1) is 0 Å². The van der Waals surface area contributed by atoms with E-state index in [1.165, 1.54) is 16.8 Å². The molecule has 2 aliphatic rings. The van der Waals surface area contributed by atoms with Gasteiger partial charge in [0.15, 0.2) is 6.21 Å². The Bertz CT molecular complexity index is 1440. The van der Waals surface area contributed by atoms with Gasteiger partial charge in [-0.1, -0.05) is 85.3 Å². The van der Waals surface area contributed by atoms with Crippen LogP contribution in [-0.4, -0.2) is 47.6 Å². The summed E-state index contributed by atoms with van der Waals surface area (Å²) in [6.07, 6.45) is 8.81. The Balaban J connectivity index is 1.27. The molecule has 236 valence electrons. The molecule has 0 saturated heterocycles. The third-order valence-electron chi connectivity index (χ3n) is 8.68. The lowest BCUT2D eigenvalue weighted by molar-refractivity contribution is -0.433. The van der Waals surface area contributed by atoms with Crippen molar-refractivity contribution in [2.24, 2.45) is 5.92 Å². The second-order valence-corrected chi connectivity index (χ2v) is 12.1. The highest BCUT2D eigenvalue weighted by Gasteiger charge is 2.35. The van der Waals surface area contributed by atoms with Crippen LogP contribution >= 0.6 is 0 Å². The summed E-state index contributed by atoms with van der Waals surface area (Å²) in [4.78, 5) is 45.8. The molecule has 3 aromatic carbocycles. The molecule has 0 aliphatic carbocycles. The molecule has 2 bridgehead atoms. The quantitative estimate of drug-likeness (QED) is 0.202. The molecule has 8 nitrogen and oxygen atoms in total. The minimum atomic E-state index is -0.721. The molecule has 0 spiro atoms. The predicted octanol–water partition coefficient (Wildman–Crippen LogP) is 5.34. The first-order chi connectivity index (χ1) is 22.1. The van der Waals surface area contributed by atoms with E-state index in [9.17, 15) is 14.4 Å². The molecule has 0 fully saturated rings. The summed E-state index contributed by atoms with van der Waals surface area (Å²) >= 11 is 0. The summed E-state index contributed by atoms with van der Waals surface area (Å²) in [5.41, 5.74) is 6.98. The van der Waals surface area contributed by atoms with Gasteiger partial charge in [0.25, 0.3) is 0 Å². The lowest BCUT2D eigenvalue weighted by atomic mass is 9.91. The Morgan fingerprint density at radius 3 is 2.40 bits per heavy atom. The van der Waals surface area contributed by atoms with E-state index >= 15 is 0 Å². The third-order valence-corrected chi connectivity index (χ3v) is 8.68. The Morgan fingerprint density at radius 1 is 0.889 bits per heavy atom. The van der Waals surface area contributed by atoms with Crippen molar-refractivity contribution in [3.63, 3.8) is 0 Å². The van der Waals surface area contributed by atoms with Crippen molar-refractivity contribution in [2.75, 3.05) is 13.1 Å². The average molecular weight is 610 g/mol. The Kier molecular flexibility index (Phi) is 11.9. The molecule has 3 amide bonds. The lowest BCUT2D eigenvalue weighted by Gasteiger charge is -2.23. The van der Waals surface area contributed by atoms with E-state index in [4.69, 9.17) is 4.84 Å². The number of nitrogens with zero attached hydrogens (tertiary/aromatic N) is 1. The van der Waals surface area contributed by atoms with Gasteiger partial charge in [0.05, 0.1) is 12.5 Å². The predicted molar refractivity (Wildman–Crippen MR) is 175 cm³/mol. The van der Waals surface area contributed by atoms with Crippen LogP contribution in [0.2, 0.25) is 0 Å². The van der Waals surface area contributed by atoms with Crippen molar-refractivity contribution in [3.8, 4) is 0 Å². The fourth-order valence-corrected chi connectivity index (χ4v) is 6.26. The fourth-order valence-electron chi connectivity index (χ4n) is 6.26.